The summed E-state index contributed by atoms with van der Waals surface area (Å²) in [4.78, 5) is 25.4. The van der Waals surface area contributed by atoms with Gasteiger partial charge in [-0.25, -0.2) is 0 Å². The van der Waals surface area contributed by atoms with Crippen molar-refractivity contribution in [3.8, 4) is 0 Å². The highest BCUT2D eigenvalue weighted by Gasteiger charge is 2.36. The van der Waals surface area contributed by atoms with Gasteiger partial charge in [0.15, 0.2) is 0 Å². The van der Waals surface area contributed by atoms with Gasteiger partial charge in [-0.3, -0.25) is 9.59 Å². The zero-order chi connectivity index (χ0) is 18.6. The zero-order valence-corrected chi connectivity index (χ0v) is 15.6. The Morgan fingerprint density at radius 3 is 2.12 bits per heavy atom. The van der Waals surface area contributed by atoms with Crippen molar-refractivity contribution in [2.24, 2.45) is 5.41 Å². The Hall–Kier alpha value is -2.62. The first kappa shape index (κ1) is 18.7. The molecule has 2 rings (SSSR count). The molecule has 4 heteroatoms. The van der Waals surface area contributed by atoms with Crippen LogP contribution in [0.2, 0.25) is 0 Å². The van der Waals surface area contributed by atoms with Crippen molar-refractivity contribution in [1.82, 2.24) is 0 Å². The lowest BCUT2D eigenvalue weighted by Crippen LogP contribution is -2.41. The van der Waals surface area contributed by atoms with E-state index in [4.69, 9.17) is 0 Å². The molecule has 132 valence electrons. The Morgan fingerprint density at radius 1 is 0.920 bits per heavy atom. The summed E-state index contributed by atoms with van der Waals surface area (Å²) in [5.41, 5.74) is 3.44. The molecule has 0 saturated carbocycles. The maximum absolute atomic E-state index is 12.8. The molecule has 0 unspecified atom stereocenters. The predicted octanol–water partition coefficient (Wildman–Crippen LogP) is 4.47. The predicted molar refractivity (Wildman–Crippen MR) is 103 cm³/mol. The van der Waals surface area contributed by atoms with Crippen LogP contribution >= 0.6 is 0 Å². The van der Waals surface area contributed by atoms with Crippen molar-refractivity contribution in [2.45, 2.75) is 41.0 Å². The molecule has 0 spiro atoms. The Balaban J connectivity index is 2.16. The van der Waals surface area contributed by atoms with Crippen LogP contribution in [0.4, 0.5) is 11.4 Å². The van der Waals surface area contributed by atoms with Gasteiger partial charge in [0.2, 0.25) is 11.8 Å². The molecule has 0 aromatic heterocycles. The highest BCUT2D eigenvalue weighted by molar-refractivity contribution is 6.14. The molecule has 0 aliphatic heterocycles. The van der Waals surface area contributed by atoms with E-state index in [9.17, 15) is 9.59 Å². The van der Waals surface area contributed by atoms with Gasteiger partial charge in [-0.05, 0) is 57.4 Å². The van der Waals surface area contributed by atoms with Gasteiger partial charge in [-0.15, -0.1) is 0 Å². The number of rotatable bonds is 5. The van der Waals surface area contributed by atoms with Gasteiger partial charge >= 0.3 is 0 Å². The third-order valence-electron chi connectivity index (χ3n) is 4.42. The number of carbonyl (C=O) groups is 2. The summed E-state index contributed by atoms with van der Waals surface area (Å²) in [5.74, 6) is -0.651. The van der Waals surface area contributed by atoms with E-state index in [1.807, 2.05) is 63.2 Å². The summed E-state index contributed by atoms with van der Waals surface area (Å²) in [6.07, 6.45) is 0.813. The first-order valence-corrected chi connectivity index (χ1v) is 8.53. The fraction of sp³-hybridized carbons (Fsp3) is 0.333. The number of benzene rings is 2. The minimum absolute atomic E-state index is 0.318. The van der Waals surface area contributed by atoms with Gasteiger partial charge in [-0.2, -0.15) is 0 Å². The van der Waals surface area contributed by atoms with Crippen molar-refractivity contribution < 1.29 is 9.59 Å². The number of nitrogens with one attached hydrogen (secondary N) is 2. The number of para-hydroxylation sites is 1. The Morgan fingerprint density at radius 2 is 1.52 bits per heavy atom. The van der Waals surface area contributed by atoms with Crippen LogP contribution in [0.15, 0.2) is 42.5 Å². The van der Waals surface area contributed by atoms with Crippen LogP contribution < -0.4 is 10.6 Å². The van der Waals surface area contributed by atoms with E-state index in [1.54, 1.807) is 13.8 Å². The van der Waals surface area contributed by atoms with Crippen LogP contribution in [0.3, 0.4) is 0 Å². The molecule has 0 aliphatic carbocycles. The van der Waals surface area contributed by atoms with Crippen LogP contribution in [0, 0.1) is 19.3 Å². The van der Waals surface area contributed by atoms with Crippen molar-refractivity contribution in [1.29, 1.82) is 0 Å². The first-order valence-electron chi connectivity index (χ1n) is 8.53. The number of carbonyl (C=O) groups excluding carboxylic acids is 2. The molecule has 0 heterocycles. The van der Waals surface area contributed by atoms with Crippen LogP contribution in [0.25, 0.3) is 0 Å². The third-order valence-corrected chi connectivity index (χ3v) is 4.42. The summed E-state index contributed by atoms with van der Waals surface area (Å²) in [5, 5.41) is 5.77. The SMILES string of the molecule is CCc1cccc(C)c1NC(=O)C(C)(C)C(=O)Nc1ccc(C)cc1. The molecule has 2 aromatic carbocycles. The van der Waals surface area contributed by atoms with E-state index < -0.39 is 5.41 Å². The molecule has 0 aliphatic rings. The van der Waals surface area contributed by atoms with Gasteiger partial charge in [0.05, 0.1) is 0 Å². The van der Waals surface area contributed by atoms with Crippen LogP contribution in [0.1, 0.15) is 37.5 Å². The summed E-state index contributed by atoms with van der Waals surface area (Å²) in [6.45, 7) is 9.25. The van der Waals surface area contributed by atoms with Crippen molar-refractivity contribution in [3.05, 3.63) is 59.2 Å². The van der Waals surface area contributed by atoms with E-state index in [2.05, 4.69) is 10.6 Å². The minimum atomic E-state index is -1.20. The summed E-state index contributed by atoms with van der Waals surface area (Å²) in [6, 6.07) is 13.4. The first-order chi connectivity index (χ1) is 11.8. The summed E-state index contributed by atoms with van der Waals surface area (Å²) < 4.78 is 0. The van der Waals surface area contributed by atoms with E-state index >= 15 is 0 Å². The average Bonchev–Trinajstić information content (AvgIpc) is 2.58. The molecule has 4 nitrogen and oxygen atoms in total. The largest absolute Gasteiger partial charge is 0.325 e. The number of amides is 2. The number of aryl methyl sites for hydroxylation is 3. The topological polar surface area (TPSA) is 58.2 Å². The number of hydrogen-bond donors (Lipinski definition) is 2. The lowest BCUT2D eigenvalue weighted by atomic mass is 9.90. The highest BCUT2D eigenvalue weighted by atomic mass is 16.2. The molecular formula is C21H26N2O2. The molecule has 25 heavy (non-hydrogen) atoms. The van der Waals surface area contributed by atoms with Crippen molar-refractivity contribution in [3.63, 3.8) is 0 Å². The molecule has 2 N–H and O–H groups in total. The van der Waals surface area contributed by atoms with Gasteiger partial charge in [0.25, 0.3) is 0 Å². The third kappa shape index (κ3) is 4.27. The molecule has 0 fully saturated rings. The molecule has 2 amide bonds. The number of hydrogen-bond acceptors (Lipinski definition) is 2. The van der Waals surface area contributed by atoms with Gasteiger partial charge in [0.1, 0.15) is 5.41 Å². The Bertz CT molecular complexity index is 777. The standard InChI is InChI=1S/C21H26N2O2/c1-6-16-9-7-8-15(3)18(16)23-20(25)21(4,5)19(24)22-17-12-10-14(2)11-13-17/h7-13H,6H2,1-5H3,(H,22,24)(H,23,25). The normalized spacial score (nSPS) is 11.1. The molecule has 2 aromatic rings. The second-order valence-electron chi connectivity index (χ2n) is 6.86. The molecule has 0 saturated heterocycles. The summed E-state index contributed by atoms with van der Waals surface area (Å²) >= 11 is 0. The van der Waals surface area contributed by atoms with Gasteiger partial charge < -0.3 is 10.6 Å². The Labute approximate surface area is 149 Å². The van der Waals surface area contributed by atoms with Gasteiger partial charge in [-0.1, -0.05) is 42.8 Å². The van der Waals surface area contributed by atoms with Crippen molar-refractivity contribution in [2.75, 3.05) is 10.6 Å². The lowest BCUT2D eigenvalue weighted by molar-refractivity contribution is -0.135. The highest BCUT2D eigenvalue weighted by Crippen LogP contribution is 2.26. The van der Waals surface area contributed by atoms with Crippen LogP contribution in [-0.2, 0) is 16.0 Å². The van der Waals surface area contributed by atoms with E-state index in [-0.39, 0.29) is 11.8 Å². The average molecular weight is 338 g/mol. The summed E-state index contributed by atoms with van der Waals surface area (Å²) in [7, 11) is 0. The van der Waals surface area contributed by atoms with E-state index in [1.165, 1.54) is 0 Å². The van der Waals surface area contributed by atoms with E-state index in [0.29, 0.717) is 5.69 Å². The molecule has 0 atom stereocenters. The maximum atomic E-state index is 12.8. The molecule has 0 radical (unpaired) electrons. The second kappa shape index (κ2) is 7.51. The monoisotopic (exact) mass is 338 g/mol. The van der Waals surface area contributed by atoms with E-state index in [0.717, 1.165) is 28.8 Å². The number of anilines is 2. The zero-order valence-electron chi connectivity index (χ0n) is 15.6. The van der Waals surface area contributed by atoms with Crippen LogP contribution in [0.5, 0.6) is 0 Å². The quantitative estimate of drug-likeness (QED) is 0.790. The maximum Gasteiger partial charge on any atom is 0.239 e. The Kier molecular flexibility index (Phi) is 5.62. The fourth-order valence-electron chi connectivity index (χ4n) is 2.50. The minimum Gasteiger partial charge on any atom is -0.325 e. The van der Waals surface area contributed by atoms with Crippen LogP contribution in [-0.4, -0.2) is 11.8 Å². The molecular weight excluding hydrogens is 312 g/mol. The lowest BCUT2D eigenvalue weighted by Gasteiger charge is -2.24. The molecule has 0 bridgehead atoms. The van der Waals surface area contributed by atoms with Crippen molar-refractivity contribution >= 4 is 23.2 Å². The van der Waals surface area contributed by atoms with Gasteiger partial charge in [0, 0.05) is 11.4 Å². The second-order valence-corrected chi connectivity index (χ2v) is 6.86. The smallest absolute Gasteiger partial charge is 0.239 e. The fourth-order valence-corrected chi connectivity index (χ4v) is 2.50.